The van der Waals surface area contributed by atoms with Crippen molar-refractivity contribution >= 4 is 105 Å². The van der Waals surface area contributed by atoms with Gasteiger partial charge < -0.3 is 14.3 Å². The number of furan rings is 1. The van der Waals surface area contributed by atoms with Gasteiger partial charge in [-0.2, -0.15) is 0 Å². The fourth-order valence-corrected chi connectivity index (χ4v) is 13.9. The highest BCUT2D eigenvalue weighted by Gasteiger charge is 2.43. The Bertz CT molecular complexity index is 4030. The molecule has 0 radical (unpaired) electrons. The first-order valence-electron chi connectivity index (χ1n) is 24.7. The molecule has 3 aliphatic rings. The fraction of sp³-hybridized carbons (Fsp3) is 0.238. The SMILES string of the molecule is CC(C)(C)c1ccc(Nc2cc3c(cc2-c2ccc4c5cc6c(cc5n5c4c2Bc2cc4c(cc2-5)oc2ccccc24)sc2ccccc26)-c2cc4c(cc2C3(C)C)C(C)(C)CCC4(C)C)cc1. The average molecular weight is 899 g/mol. The molecule has 68 heavy (non-hydrogen) atoms. The summed E-state index contributed by atoms with van der Waals surface area (Å²) in [5.74, 6) is 0. The van der Waals surface area contributed by atoms with E-state index in [0.29, 0.717) is 0 Å². The number of rotatable bonds is 3. The van der Waals surface area contributed by atoms with Crippen LogP contribution in [0.15, 0.2) is 138 Å². The summed E-state index contributed by atoms with van der Waals surface area (Å²) in [7, 11) is 0.806. The quantitative estimate of drug-likeness (QED) is 0.179. The Kier molecular flexibility index (Phi) is 7.96. The summed E-state index contributed by atoms with van der Waals surface area (Å²) >= 11 is 1.89. The third-order valence-corrected chi connectivity index (χ3v) is 18.0. The highest BCUT2D eigenvalue weighted by atomic mass is 32.1. The van der Waals surface area contributed by atoms with Crippen LogP contribution >= 0.6 is 11.3 Å². The number of para-hydroxylation sites is 1. The molecule has 2 aliphatic carbocycles. The Balaban J connectivity index is 1.06. The van der Waals surface area contributed by atoms with Gasteiger partial charge in [0.2, 0.25) is 0 Å². The van der Waals surface area contributed by atoms with Gasteiger partial charge in [-0.3, -0.25) is 0 Å². The molecule has 14 rings (SSSR count). The fourth-order valence-electron chi connectivity index (χ4n) is 12.8. The van der Waals surface area contributed by atoms with Crippen LogP contribution in [0.5, 0.6) is 0 Å². The topological polar surface area (TPSA) is 30.1 Å². The molecule has 1 N–H and O–H groups in total. The van der Waals surface area contributed by atoms with Crippen molar-refractivity contribution in [1.82, 2.24) is 4.57 Å². The molecule has 0 bridgehead atoms. The summed E-state index contributed by atoms with van der Waals surface area (Å²) in [6.07, 6.45) is 2.39. The Hall–Kier alpha value is -6.56. The molecule has 8 aromatic carbocycles. The van der Waals surface area contributed by atoms with Gasteiger partial charge in [0.1, 0.15) is 11.2 Å². The monoisotopic (exact) mass is 898 g/mol. The van der Waals surface area contributed by atoms with E-state index in [1.165, 1.54) is 127 Å². The number of fused-ring (bicyclic) bond motifs is 15. The number of benzene rings is 8. The van der Waals surface area contributed by atoms with Gasteiger partial charge in [-0.1, -0.05) is 141 Å². The van der Waals surface area contributed by atoms with Crippen molar-refractivity contribution in [1.29, 1.82) is 0 Å². The largest absolute Gasteiger partial charge is 0.456 e. The minimum Gasteiger partial charge on any atom is -0.456 e. The lowest BCUT2D eigenvalue weighted by Crippen LogP contribution is -2.37. The van der Waals surface area contributed by atoms with Crippen molar-refractivity contribution in [3.8, 4) is 27.9 Å². The second-order valence-corrected chi connectivity index (χ2v) is 24.4. The van der Waals surface area contributed by atoms with Crippen molar-refractivity contribution in [3.05, 3.63) is 161 Å². The molecular weight excluding hydrogens is 844 g/mol. The second kappa shape index (κ2) is 13.4. The molecule has 0 unspecified atom stereocenters. The third-order valence-electron chi connectivity index (χ3n) is 16.8. The summed E-state index contributed by atoms with van der Waals surface area (Å²) in [5.41, 5.74) is 23.1. The van der Waals surface area contributed by atoms with E-state index in [1.807, 2.05) is 11.3 Å². The van der Waals surface area contributed by atoms with E-state index in [9.17, 15) is 0 Å². The summed E-state index contributed by atoms with van der Waals surface area (Å²) < 4.78 is 11.8. The number of thiophene rings is 1. The van der Waals surface area contributed by atoms with E-state index in [4.69, 9.17) is 4.42 Å². The second-order valence-electron chi connectivity index (χ2n) is 23.3. The minimum atomic E-state index is -0.179. The van der Waals surface area contributed by atoms with Gasteiger partial charge in [0.05, 0.1) is 5.52 Å². The van der Waals surface area contributed by atoms with E-state index in [1.54, 1.807) is 0 Å². The van der Waals surface area contributed by atoms with Crippen molar-refractivity contribution in [2.24, 2.45) is 0 Å². The zero-order chi connectivity index (χ0) is 46.4. The average Bonchev–Trinajstić information content (AvgIpc) is 4.02. The van der Waals surface area contributed by atoms with Gasteiger partial charge >= 0.3 is 0 Å². The lowest BCUT2D eigenvalue weighted by atomic mass is 9.59. The van der Waals surface area contributed by atoms with Gasteiger partial charge in [-0.05, 0) is 134 Å². The van der Waals surface area contributed by atoms with Gasteiger partial charge in [-0.25, -0.2) is 0 Å². The highest BCUT2D eigenvalue weighted by molar-refractivity contribution is 7.25. The summed E-state index contributed by atoms with van der Waals surface area (Å²) in [5, 5.41) is 11.6. The Labute approximate surface area is 403 Å². The molecule has 0 atom stereocenters. The molecular formula is C63H55BN2OS. The molecule has 3 nitrogen and oxygen atoms in total. The number of hydrogen-bond acceptors (Lipinski definition) is 3. The van der Waals surface area contributed by atoms with Gasteiger partial charge in [0.15, 0.2) is 7.28 Å². The Morgan fingerprint density at radius 1 is 0.559 bits per heavy atom. The summed E-state index contributed by atoms with van der Waals surface area (Å²) in [6, 6.07) is 51.4. The molecule has 0 fully saturated rings. The normalized spacial score (nSPS) is 16.4. The predicted octanol–water partition coefficient (Wildman–Crippen LogP) is 16.1. The van der Waals surface area contributed by atoms with E-state index < -0.39 is 0 Å². The number of nitrogens with one attached hydrogen (secondary N) is 1. The summed E-state index contributed by atoms with van der Waals surface area (Å²) in [4.78, 5) is 0. The van der Waals surface area contributed by atoms with Gasteiger partial charge in [0, 0.05) is 81.3 Å². The first-order valence-corrected chi connectivity index (χ1v) is 25.5. The zero-order valence-corrected chi connectivity index (χ0v) is 41.4. The lowest BCUT2D eigenvalue weighted by Gasteiger charge is -2.42. The van der Waals surface area contributed by atoms with Crippen molar-refractivity contribution < 1.29 is 4.42 Å². The summed E-state index contributed by atoms with van der Waals surface area (Å²) in [6.45, 7) is 21.6. The molecule has 332 valence electrons. The number of nitrogens with zero attached hydrogens (tertiary/aromatic N) is 1. The van der Waals surface area contributed by atoms with E-state index in [2.05, 4.69) is 206 Å². The smallest absolute Gasteiger partial charge is 0.198 e. The minimum absolute atomic E-state index is 0.0682. The highest BCUT2D eigenvalue weighted by Crippen LogP contribution is 2.56. The molecule has 1 aliphatic heterocycles. The van der Waals surface area contributed by atoms with Crippen LogP contribution < -0.4 is 16.2 Å². The predicted molar refractivity (Wildman–Crippen MR) is 294 cm³/mol. The molecule has 0 saturated carbocycles. The molecule has 3 aromatic heterocycles. The van der Waals surface area contributed by atoms with E-state index in [0.717, 1.165) is 35.2 Å². The van der Waals surface area contributed by atoms with Crippen molar-refractivity contribution in [2.75, 3.05) is 5.32 Å². The zero-order valence-electron chi connectivity index (χ0n) is 40.6. The Morgan fingerprint density at radius 2 is 1.26 bits per heavy atom. The molecule has 0 amide bonds. The Morgan fingerprint density at radius 3 is 2.04 bits per heavy atom. The van der Waals surface area contributed by atoms with Crippen LogP contribution in [0.2, 0.25) is 0 Å². The molecule has 4 heterocycles. The maximum atomic E-state index is 6.62. The van der Waals surface area contributed by atoms with Crippen LogP contribution in [0.1, 0.15) is 103 Å². The number of aromatic nitrogens is 1. The van der Waals surface area contributed by atoms with Crippen molar-refractivity contribution in [3.63, 3.8) is 0 Å². The first-order chi connectivity index (χ1) is 32.5. The molecule has 11 aromatic rings. The maximum Gasteiger partial charge on any atom is 0.198 e. The maximum absolute atomic E-state index is 6.62. The number of hydrogen-bond donors (Lipinski definition) is 1. The van der Waals surface area contributed by atoms with Crippen LogP contribution in [-0.4, -0.2) is 11.8 Å². The molecule has 0 spiro atoms. The van der Waals surface area contributed by atoms with Crippen molar-refractivity contribution in [2.45, 2.75) is 96.8 Å². The van der Waals surface area contributed by atoms with Crippen LogP contribution in [-0.2, 0) is 21.7 Å². The molecule has 0 saturated heterocycles. The standard InChI is InChI=1S/C63H55BN2OS/c1-60(2,3)34-18-20-35(21-19-34)65-51-31-47-40(41-28-48-49(30-46(41)63(47,8)9)62(6,7)25-24-61(48,4)5)26-42(51)38-22-23-39-43-27-45-37-15-11-13-17-56(37)68-57(45)33-52(43)66-53-32-55-44(29-50(53)64-58(38)59(39)66)36-14-10-12-16-54(36)67-55/h10-23,26-33,64-65H,24-25H2,1-9H3. The first kappa shape index (κ1) is 40.5. The van der Waals surface area contributed by atoms with Crippen LogP contribution in [0.4, 0.5) is 11.4 Å². The molecule has 5 heteroatoms. The van der Waals surface area contributed by atoms with Gasteiger partial charge in [-0.15, -0.1) is 11.3 Å². The van der Waals surface area contributed by atoms with Crippen LogP contribution in [0.3, 0.4) is 0 Å². The van der Waals surface area contributed by atoms with Gasteiger partial charge in [0.25, 0.3) is 0 Å². The number of anilines is 2. The van der Waals surface area contributed by atoms with Crippen LogP contribution in [0, 0.1) is 0 Å². The lowest BCUT2D eigenvalue weighted by molar-refractivity contribution is 0.331. The van der Waals surface area contributed by atoms with Crippen LogP contribution in [0.25, 0.3) is 91.9 Å². The van der Waals surface area contributed by atoms with E-state index >= 15 is 0 Å². The third kappa shape index (κ3) is 5.54. The van der Waals surface area contributed by atoms with E-state index in [-0.39, 0.29) is 21.7 Å².